The first-order valence-corrected chi connectivity index (χ1v) is 10.3. The molecule has 23 heavy (non-hydrogen) atoms. The Morgan fingerprint density at radius 2 is 1.78 bits per heavy atom. The minimum atomic E-state index is 0.501. The molecule has 0 nitrogen and oxygen atoms in total. The summed E-state index contributed by atoms with van der Waals surface area (Å²) in [4.78, 5) is 0. The summed E-state index contributed by atoms with van der Waals surface area (Å²) in [6.07, 6.45) is 12.1. The van der Waals surface area contributed by atoms with Crippen molar-refractivity contribution in [1.29, 1.82) is 0 Å². The summed E-state index contributed by atoms with van der Waals surface area (Å²) in [5.74, 6) is 4.41. The van der Waals surface area contributed by atoms with E-state index in [0.717, 1.165) is 29.6 Å². The Hall–Kier alpha value is -0.260. The molecule has 0 saturated heterocycles. The van der Waals surface area contributed by atoms with Crippen LogP contribution in [0.1, 0.15) is 100 Å². The average molecular weight is 321 g/mol. The van der Waals surface area contributed by atoms with Crippen molar-refractivity contribution >= 4 is 0 Å². The quantitative estimate of drug-likeness (QED) is 0.359. The van der Waals surface area contributed by atoms with E-state index in [-0.39, 0.29) is 0 Å². The van der Waals surface area contributed by atoms with Crippen molar-refractivity contribution in [2.75, 3.05) is 0 Å². The van der Waals surface area contributed by atoms with Crippen LogP contribution in [0.3, 0.4) is 0 Å². The highest BCUT2D eigenvalue weighted by Gasteiger charge is 2.28. The lowest BCUT2D eigenvalue weighted by molar-refractivity contribution is 0.160. The maximum absolute atomic E-state index is 2.52. The monoisotopic (exact) mass is 320 g/mol. The second-order valence-corrected chi connectivity index (χ2v) is 10.0. The van der Waals surface area contributed by atoms with Crippen LogP contribution in [-0.2, 0) is 0 Å². The highest BCUT2D eigenvalue weighted by molar-refractivity contribution is 5.06. The van der Waals surface area contributed by atoms with E-state index in [1.807, 2.05) is 0 Å². The van der Waals surface area contributed by atoms with Gasteiger partial charge in [-0.25, -0.2) is 0 Å². The van der Waals surface area contributed by atoms with E-state index in [4.69, 9.17) is 0 Å². The molecule has 0 aromatic carbocycles. The van der Waals surface area contributed by atoms with Crippen LogP contribution in [0.2, 0.25) is 0 Å². The maximum atomic E-state index is 2.52. The summed E-state index contributed by atoms with van der Waals surface area (Å²) in [6.45, 7) is 19.4. The lowest BCUT2D eigenvalue weighted by atomic mass is 9.71. The normalized spacial score (nSPS) is 23.0. The second-order valence-electron chi connectivity index (χ2n) is 10.0. The molecule has 136 valence electrons. The van der Waals surface area contributed by atoms with Gasteiger partial charge in [0.2, 0.25) is 0 Å². The SMILES string of the molecule is CCC(C)(C)CC(CC(C)CC1CC=C(C)C1)C(C)CC(C)C. The van der Waals surface area contributed by atoms with Crippen LogP contribution in [0.25, 0.3) is 0 Å². The van der Waals surface area contributed by atoms with Gasteiger partial charge < -0.3 is 0 Å². The van der Waals surface area contributed by atoms with Gasteiger partial charge in [0.25, 0.3) is 0 Å². The highest BCUT2D eigenvalue weighted by Crippen LogP contribution is 2.40. The van der Waals surface area contributed by atoms with Crippen molar-refractivity contribution < 1.29 is 0 Å². The van der Waals surface area contributed by atoms with Gasteiger partial charge in [0, 0.05) is 0 Å². The third kappa shape index (κ3) is 7.90. The molecule has 0 aliphatic heterocycles. The van der Waals surface area contributed by atoms with Gasteiger partial charge in [0.05, 0.1) is 0 Å². The number of hydrogen-bond acceptors (Lipinski definition) is 0. The Morgan fingerprint density at radius 1 is 1.13 bits per heavy atom. The molecule has 1 rings (SSSR count). The van der Waals surface area contributed by atoms with Crippen LogP contribution in [0.15, 0.2) is 11.6 Å². The molecule has 0 saturated carbocycles. The summed E-state index contributed by atoms with van der Waals surface area (Å²) in [6, 6.07) is 0. The van der Waals surface area contributed by atoms with E-state index in [2.05, 4.69) is 61.5 Å². The van der Waals surface area contributed by atoms with Crippen LogP contribution in [-0.4, -0.2) is 0 Å². The molecule has 0 aromatic rings. The average Bonchev–Trinajstić information content (AvgIpc) is 2.82. The maximum Gasteiger partial charge on any atom is -0.0292 e. The summed E-state index contributed by atoms with van der Waals surface area (Å²) in [5.41, 5.74) is 2.13. The van der Waals surface area contributed by atoms with Crippen molar-refractivity contribution in [3.05, 3.63) is 11.6 Å². The molecule has 1 aliphatic rings. The van der Waals surface area contributed by atoms with E-state index in [1.165, 1.54) is 44.9 Å². The van der Waals surface area contributed by atoms with Crippen LogP contribution >= 0.6 is 0 Å². The summed E-state index contributed by atoms with van der Waals surface area (Å²) < 4.78 is 0. The zero-order valence-corrected chi connectivity index (χ0v) is 17.4. The Labute approximate surface area is 147 Å². The number of hydrogen-bond donors (Lipinski definition) is 0. The van der Waals surface area contributed by atoms with Gasteiger partial charge in [-0.3, -0.25) is 0 Å². The first-order chi connectivity index (χ1) is 10.6. The lowest BCUT2D eigenvalue weighted by Gasteiger charge is -2.35. The molecule has 0 bridgehead atoms. The van der Waals surface area contributed by atoms with Crippen molar-refractivity contribution in [3.63, 3.8) is 0 Å². The first-order valence-electron chi connectivity index (χ1n) is 10.3. The zero-order chi connectivity index (χ0) is 17.6. The van der Waals surface area contributed by atoms with Gasteiger partial charge >= 0.3 is 0 Å². The van der Waals surface area contributed by atoms with Gasteiger partial charge in [-0.05, 0) is 80.5 Å². The number of rotatable bonds is 10. The van der Waals surface area contributed by atoms with Crippen LogP contribution in [0.5, 0.6) is 0 Å². The molecule has 4 unspecified atom stereocenters. The third-order valence-electron chi connectivity index (χ3n) is 6.27. The molecular weight excluding hydrogens is 276 g/mol. The Kier molecular flexibility index (Phi) is 8.39. The van der Waals surface area contributed by atoms with Crippen LogP contribution in [0, 0.1) is 35.0 Å². The predicted octanol–water partition coefficient (Wildman–Crippen LogP) is 7.88. The van der Waals surface area contributed by atoms with E-state index >= 15 is 0 Å². The Morgan fingerprint density at radius 3 is 2.26 bits per heavy atom. The third-order valence-corrected chi connectivity index (χ3v) is 6.27. The molecular formula is C23H44. The lowest BCUT2D eigenvalue weighted by Crippen LogP contribution is -2.24. The smallest absolute Gasteiger partial charge is 0.0292 e. The second kappa shape index (κ2) is 9.28. The fraction of sp³-hybridized carbons (Fsp3) is 0.913. The molecule has 0 N–H and O–H groups in total. The minimum Gasteiger partial charge on any atom is -0.0853 e. The highest BCUT2D eigenvalue weighted by atomic mass is 14.3. The zero-order valence-electron chi connectivity index (χ0n) is 17.4. The predicted molar refractivity (Wildman–Crippen MR) is 106 cm³/mol. The van der Waals surface area contributed by atoms with E-state index in [9.17, 15) is 0 Å². The van der Waals surface area contributed by atoms with Gasteiger partial charge in [-0.2, -0.15) is 0 Å². The van der Waals surface area contributed by atoms with Gasteiger partial charge in [0.1, 0.15) is 0 Å². The van der Waals surface area contributed by atoms with Gasteiger partial charge in [-0.15, -0.1) is 0 Å². The molecule has 0 amide bonds. The summed E-state index contributed by atoms with van der Waals surface area (Å²) >= 11 is 0. The van der Waals surface area contributed by atoms with Gasteiger partial charge in [-0.1, -0.05) is 66.5 Å². The molecule has 4 atom stereocenters. The topological polar surface area (TPSA) is 0 Å². The summed E-state index contributed by atoms with van der Waals surface area (Å²) in [5, 5.41) is 0. The number of allylic oxidation sites excluding steroid dienone is 2. The van der Waals surface area contributed by atoms with Crippen molar-refractivity contribution in [2.45, 2.75) is 100 Å². The summed E-state index contributed by atoms with van der Waals surface area (Å²) in [7, 11) is 0. The Balaban J connectivity index is 2.59. The minimum absolute atomic E-state index is 0.501. The van der Waals surface area contributed by atoms with Crippen molar-refractivity contribution in [2.24, 2.45) is 35.0 Å². The first kappa shape index (κ1) is 20.8. The largest absolute Gasteiger partial charge is 0.0853 e. The van der Waals surface area contributed by atoms with Gasteiger partial charge in [0.15, 0.2) is 0 Å². The van der Waals surface area contributed by atoms with Crippen molar-refractivity contribution in [1.82, 2.24) is 0 Å². The van der Waals surface area contributed by atoms with E-state index < -0.39 is 0 Å². The molecule has 0 radical (unpaired) electrons. The molecule has 0 spiro atoms. The van der Waals surface area contributed by atoms with E-state index in [0.29, 0.717) is 5.41 Å². The fourth-order valence-corrected chi connectivity index (χ4v) is 4.66. The molecule has 1 aliphatic carbocycles. The van der Waals surface area contributed by atoms with E-state index in [1.54, 1.807) is 5.57 Å². The molecule has 0 heterocycles. The molecule has 0 aromatic heterocycles. The Bertz CT molecular complexity index is 360. The standard InChI is InChI=1S/C23H44/c1-9-23(7,8)16-22(20(6)12-17(2)3)15-19(5)14-21-11-10-18(4)13-21/h10,17,19-22H,9,11-16H2,1-8H3. The molecule has 0 heteroatoms. The van der Waals surface area contributed by atoms with Crippen LogP contribution in [0.4, 0.5) is 0 Å². The fourth-order valence-electron chi connectivity index (χ4n) is 4.66. The molecule has 0 fully saturated rings. The van der Waals surface area contributed by atoms with Crippen LogP contribution < -0.4 is 0 Å². The van der Waals surface area contributed by atoms with Crippen molar-refractivity contribution in [3.8, 4) is 0 Å².